The van der Waals surface area contributed by atoms with Gasteiger partial charge in [0.25, 0.3) is 0 Å². The molecule has 4 heteroatoms. The van der Waals surface area contributed by atoms with Gasteiger partial charge in [-0.2, -0.15) is 0 Å². The molecule has 4 nitrogen and oxygen atoms in total. The van der Waals surface area contributed by atoms with E-state index in [1.54, 1.807) is 0 Å². The van der Waals surface area contributed by atoms with Crippen molar-refractivity contribution in [3.63, 3.8) is 0 Å². The van der Waals surface area contributed by atoms with Crippen molar-refractivity contribution in [3.8, 4) is 11.5 Å². The minimum atomic E-state index is 0.0580. The van der Waals surface area contributed by atoms with Crippen molar-refractivity contribution < 1.29 is 10.2 Å². The van der Waals surface area contributed by atoms with E-state index in [-0.39, 0.29) is 10.8 Å². The predicted molar refractivity (Wildman–Crippen MR) is 136 cm³/mol. The molecule has 2 N–H and O–H groups in total. The zero-order valence-electron chi connectivity index (χ0n) is 21.4. The van der Waals surface area contributed by atoms with Gasteiger partial charge < -0.3 is 10.2 Å². The Hall–Kier alpha value is -2.04. The smallest absolute Gasteiger partial charge is 0.120 e. The topological polar surface area (TPSA) is 46.9 Å². The molecule has 0 spiro atoms. The number of fused-ring (bicyclic) bond motifs is 1. The van der Waals surface area contributed by atoms with Gasteiger partial charge in [0.05, 0.1) is 6.67 Å². The van der Waals surface area contributed by atoms with Gasteiger partial charge in [-0.15, -0.1) is 0 Å². The number of rotatable bonds is 4. The van der Waals surface area contributed by atoms with Crippen molar-refractivity contribution in [2.75, 3.05) is 6.67 Å². The van der Waals surface area contributed by atoms with E-state index in [0.29, 0.717) is 23.6 Å². The highest BCUT2D eigenvalue weighted by Gasteiger charge is 2.41. The summed E-state index contributed by atoms with van der Waals surface area (Å²) in [5, 5.41) is 21.3. The fourth-order valence-corrected chi connectivity index (χ4v) is 5.52. The average molecular weight is 451 g/mol. The maximum Gasteiger partial charge on any atom is 0.120 e. The Balaban J connectivity index is 1.57. The molecule has 4 rings (SSSR count). The second-order valence-electron chi connectivity index (χ2n) is 12.2. The number of hydrogen-bond donors (Lipinski definition) is 2. The van der Waals surface area contributed by atoms with Crippen LogP contribution in [0.4, 0.5) is 0 Å². The van der Waals surface area contributed by atoms with Gasteiger partial charge >= 0.3 is 0 Å². The summed E-state index contributed by atoms with van der Waals surface area (Å²) in [6.45, 7) is 15.7. The highest BCUT2D eigenvalue weighted by atomic mass is 16.3. The molecule has 33 heavy (non-hydrogen) atoms. The number of benzene rings is 2. The maximum atomic E-state index is 10.6. The van der Waals surface area contributed by atoms with Crippen LogP contribution in [0.5, 0.6) is 11.5 Å². The van der Waals surface area contributed by atoms with Crippen molar-refractivity contribution in [1.29, 1.82) is 0 Å². The Kier molecular flexibility index (Phi) is 6.54. The Morgan fingerprint density at radius 2 is 1.09 bits per heavy atom. The fourth-order valence-electron chi connectivity index (χ4n) is 5.52. The molecule has 2 aliphatic rings. The molecule has 2 atom stereocenters. The summed E-state index contributed by atoms with van der Waals surface area (Å²) < 4.78 is 0. The van der Waals surface area contributed by atoms with Crippen LogP contribution in [0.2, 0.25) is 0 Å². The number of hydrogen-bond acceptors (Lipinski definition) is 4. The van der Waals surface area contributed by atoms with Crippen molar-refractivity contribution in [1.82, 2.24) is 9.80 Å². The number of aromatic hydroxyl groups is 2. The maximum absolute atomic E-state index is 10.6. The monoisotopic (exact) mass is 450 g/mol. The van der Waals surface area contributed by atoms with Gasteiger partial charge in [0.2, 0.25) is 0 Å². The van der Waals surface area contributed by atoms with E-state index in [4.69, 9.17) is 0 Å². The molecule has 1 saturated carbocycles. The summed E-state index contributed by atoms with van der Waals surface area (Å²) >= 11 is 0. The van der Waals surface area contributed by atoms with Crippen molar-refractivity contribution in [2.45, 2.75) is 103 Å². The molecular weight excluding hydrogens is 408 g/mol. The number of nitrogens with zero attached hydrogens (tertiary/aromatic N) is 2. The van der Waals surface area contributed by atoms with Crippen molar-refractivity contribution in [3.05, 3.63) is 58.7 Å². The molecule has 0 aromatic heterocycles. The molecule has 1 heterocycles. The molecule has 180 valence electrons. The molecule has 1 aliphatic heterocycles. The third kappa shape index (κ3) is 5.22. The van der Waals surface area contributed by atoms with Crippen LogP contribution in [0.1, 0.15) is 89.5 Å². The first-order valence-corrected chi connectivity index (χ1v) is 12.6. The SMILES string of the molecule is CC(C)(C)c1ccc(O)c(CN2CN(Cc3cc(C(C)(C)C)ccc3O)[C@H]3CCCC[C@H]32)c1. The van der Waals surface area contributed by atoms with Crippen molar-refractivity contribution in [2.24, 2.45) is 0 Å². The largest absolute Gasteiger partial charge is 0.508 e. The van der Waals surface area contributed by atoms with Crippen LogP contribution in [0.25, 0.3) is 0 Å². The Morgan fingerprint density at radius 1 is 0.697 bits per heavy atom. The van der Waals surface area contributed by atoms with Crippen LogP contribution < -0.4 is 0 Å². The number of phenolic OH excluding ortho intramolecular Hbond substituents is 2. The minimum Gasteiger partial charge on any atom is -0.508 e. The minimum absolute atomic E-state index is 0.0580. The van der Waals surface area contributed by atoms with Gasteiger partial charge in [0.1, 0.15) is 11.5 Å². The van der Waals surface area contributed by atoms with Crippen LogP contribution in [-0.2, 0) is 23.9 Å². The van der Waals surface area contributed by atoms with Gasteiger partial charge in [0.15, 0.2) is 0 Å². The van der Waals surface area contributed by atoms with E-state index >= 15 is 0 Å². The second-order valence-corrected chi connectivity index (χ2v) is 12.2. The highest BCUT2D eigenvalue weighted by Crippen LogP contribution is 2.38. The zero-order chi connectivity index (χ0) is 24.0. The van der Waals surface area contributed by atoms with E-state index in [1.165, 1.54) is 36.8 Å². The Labute approximate surface area is 200 Å². The van der Waals surface area contributed by atoms with Gasteiger partial charge in [-0.25, -0.2) is 0 Å². The van der Waals surface area contributed by atoms with Gasteiger partial charge in [-0.1, -0.05) is 78.6 Å². The summed E-state index contributed by atoms with van der Waals surface area (Å²) in [6, 6.07) is 13.2. The summed E-state index contributed by atoms with van der Waals surface area (Å²) in [5.74, 6) is 0.786. The molecule has 2 aromatic carbocycles. The number of phenols is 2. The summed E-state index contributed by atoms with van der Waals surface area (Å²) in [4.78, 5) is 5.10. The van der Waals surface area contributed by atoms with Gasteiger partial charge in [0, 0.05) is 36.3 Å². The lowest BCUT2D eigenvalue weighted by Crippen LogP contribution is -2.39. The standard InChI is InChI=1S/C29H42N2O2/c1-28(2,3)22-11-13-26(32)20(15-22)17-30-19-31(25-10-8-7-9-24(25)30)18-21-16-23(29(4,5)6)12-14-27(21)33/h11-16,24-25,32-33H,7-10,17-19H2,1-6H3/t24-,25+. The van der Waals surface area contributed by atoms with Crippen LogP contribution >= 0.6 is 0 Å². The van der Waals surface area contributed by atoms with Crippen LogP contribution in [0.3, 0.4) is 0 Å². The normalized spacial score (nSPS) is 22.5. The summed E-state index contributed by atoms with van der Waals surface area (Å²) in [5.41, 5.74) is 4.67. The molecule has 1 saturated heterocycles. The zero-order valence-corrected chi connectivity index (χ0v) is 21.4. The average Bonchev–Trinajstić information content (AvgIpc) is 3.07. The molecule has 2 aromatic rings. The molecule has 0 bridgehead atoms. The Bertz CT molecular complexity index is 907. The molecular formula is C29H42N2O2. The molecule has 0 unspecified atom stereocenters. The van der Waals surface area contributed by atoms with E-state index in [1.807, 2.05) is 24.3 Å². The third-order valence-corrected chi connectivity index (χ3v) is 7.63. The van der Waals surface area contributed by atoms with E-state index < -0.39 is 0 Å². The highest BCUT2D eigenvalue weighted by molar-refractivity contribution is 5.40. The molecule has 0 radical (unpaired) electrons. The van der Waals surface area contributed by atoms with E-state index in [9.17, 15) is 10.2 Å². The van der Waals surface area contributed by atoms with E-state index in [2.05, 4.69) is 63.5 Å². The molecule has 2 fully saturated rings. The van der Waals surface area contributed by atoms with Crippen LogP contribution in [-0.4, -0.2) is 38.8 Å². The van der Waals surface area contributed by atoms with Crippen LogP contribution in [0.15, 0.2) is 36.4 Å². The molecule has 0 amide bonds. The third-order valence-electron chi connectivity index (χ3n) is 7.63. The van der Waals surface area contributed by atoms with Crippen LogP contribution in [0, 0.1) is 0 Å². The lowest BCUT2D eigenvalue weighted by atomic mass is 9.85. The van der Waals surface area contributed by atoms with Gasteiger partial charge in [-0.05, 0) is 46.9 Å². The molecule has 1 aliphatic carbocycles. The van der Waals surface area contributed by atoms with Crippen molar-refractivity contribution >= 4 is 0 Å². The lowest BCUT2D eigenvalue weighted by Gasteiger charge is -2.33. The summed E-state index contributed by atoms with van der Waals surface area (Å²) in [6.07, 6.45) is 4.94. The van der Waals surface area contributed by atoms with Gasteiger partial charge in [-0.3, -0.25) is 9.80 Å². The first-order chi connectivity index (χ1) is 15.4. The van der Waals surface area contributed by atoms with E-state index in [0.717, 1.165) is 30.9 Å². The first-order valence-electron chi connectivity index (χ1n) is 12.6. The fraction of sp³-hybridized carbons (Fsp3) is 0.586. The lowest BCUT2D eigenvalue weighted by molar-refractivity contribution is 0.196. The second kappa shape index (κ2) is 8.96. The predicted octanol–water partition coefficient (Wildman–Crippen LogP) is 6.28. The quantitative estimate of drug-likeness (QED) is 0.575. The Morgan fingerprint density at radius 3 is 1.45 bits per heavy atom. The first kappa shape index (κ1) is 24.1. The summed E-state index contributed by atoms with van der Waals surface area (Å²) in [7, 11) is 0.